The van der Waals surface area contributed by atoms with Gasteiger partial charge in [0.15, 0.2) is 0 Å². The van der Waals surface area contributed by atoms with Crippen LogP contribution < -0.4 is 0 Å². The Kier molecular flexibility index (Phi) is 4.49. The van der Waals surface area contributed by atoms with E-state index >= 15 is 0 Å². The van der Waals surface area contributed by atoms with E-state index in [4.69, 9.17) is 9.47 Å². The predicted molar refractivity (Wildman–Crippen MR) is 87.8 cm³/mol. The molecule has 1 aromatic heterocycles. The average Bonchev–Trinajstić information content (AvgIpc) is 3.07. The van der Waals surface area contributed by atoms with Crippen LogP contribution in [0.1, 0.15) is 51.3 Å². The smallest absolute Gasteiger partial charge is 0.410 e. The summed E-state index contributed by atoms with van der Waals surface area (Å²) in [5.74, 6) is -0.799. The zero-order chi connectivity index (χ0) is 18.4. The summed E-state index contributed by atoms with van der Waals surface area (Å²) in [5.41, 5.74) is 1.02. The Balaban J connectivity index is 1.83. The van der Waals surface area contributed by atoms with Gasteiger partial charge >= 0.3 is 12.1 Å². The van der Waals surface area contributed by atoms with Gasteiger partial charge in [0.05, 0.1) is 43.5 Å². The number of aliphatic hydroxyl groups is 1. The Morgan fingerprint density at radius 3 is 2.80 bits per heavy atom. The van der Waals surface area contributed by atoms with E-state index in [2.05, 4.69) is 5.10 Å². The standard InChI is InChI=1S/C17H25N3O5/c1-10-7-20-14(8-19(10)16(23)25-17(2,3)4)13(6-18-20)12-5-11(9-21)24-15(12)22/h6,10-12,21H,5,7-9H2,1-4H3/t10-,11?,12?/m0/s1. The molecule has 1 amide bonds. The van der Waals surface area contributed by atoms with Gasteiger partial charge in [-0.3, -0.25) is 14.4 Å². The summed E-state index contributed by atoms with van der Waals surface area (Å²) in [5, 5.41) is 13.6. The Morgan fingerprint density at radius 1 is 1.48 bits per heavy atom. The molecule has 0 spiro atoms. The average molecular weight is 351 g/mol. The molecule has 1 aromatic rings. The molecule has 3 atom stereocenters. The monoisotopic (exact) mass is 351 g/mol. The first kappa shape index (κ1) is 17.7. The molecule has 1 saturated heterocycles. The number of hydrogen-bond donors (Lipinski definition) is 1. The van der Waals surface area contributed by atoms with Gasteiger partial charge in [0.25, 0.3) is 0 Å². The minimum Gasteiger partial charge on any atom is -0.459 e. The number of carbonyl (C=O) groups excluding carboxylic acids is 2. The molecule has 138 valence electrons. The zero-order valence-electron chi connectivity index (χ0n) is 15.1. The number of amides is 1. The fourth-order valence-corrected chi connectivity index (χ4v) is 3.30. The lowest BCUT2D eigenvalue weighted by Gasteiger charge is -2.35. The molecule has 25 heavy (non-hydrogen) atoms. The van der Waals surface area contributed by atoms with Crippen LogP contribution in [0.4, 0.5) is 4.79 Å². The van der Waals surface area contributed by atoms with Crippen LogP contribution in [0.3, 0.4) is 0 Å². The number of rotatable bonds is 2. The van der Waals surface area contributed by atoms with Crippen LogP contribution in [0.2, 0.25) is 0 Å². The number of carbonyl (C=O) groups is 2. The first-order valence-electron chi connectivity index (χ1n) is 8.55. The van der Waals surface area contributed by atoms with Crippen molar-refractivity contribution < 1.29 is 24.2 Å². The summed E-state index contributed by atoms with van der Waals surface area (Å²) in [6, 6.07) is -0.0594. The highest BCUT2D eigenvalue weighted by Gasteiger charge is 2.40. The van der Waals surface area contributed by atoms with Crippen LogP contribution in [-0.4, -0.2) is 56.2 Å². The molecule has 8 heteroatoms. The van der Waals surface area contributed by atoms with Gasteiger partial charge in [-0.2, -0.15) is 5.10 Å². The Bertz CT molecular complexity index is 678. The second-order valence-corrected chi connectivity index (χ2v) is 7.72. The Labute approximate surface area is 146 Å². The molecular formula is C17H25N3O5. The molecule has 0 saturated carbocycles. The van der Waals surface area contributed by atoms with Gasteiger partial charge in [-0.05, 0) is 27.7 Å². The van der Waals surface area contributed by atoms with Crippen molar-refractivity contribution in [1.82, 2.24) is 14.7 Å². The number of cyclic esters (lactones) is 1. The van der Waals surface area contributed by atoms with E-state index in [0.29, 0.717) is 19.5 Å². The van der Waals surface area contributed by atoms with Gasteiger partial charge in [0.2, 0.25) is 0 Å². The summed E-state index contributed by atoms with van der Waals surface area (Å²) in [6.07, 6.45) is 1.25. The first-order chi connectivity index (χ1) is 11.7. The van der Waals surface area contributed by atoms with E-state index < -0.39 is 17.6 Å². The Hall–Kier alpha value is -2.09. The first-order valence-corrected chi connectivity index (χ1v) is 8.55. The lowest BCUT2D eigenvalue weighted by atomic mass is 9.95. The normalized spacial score (nSPS) is 26.4. The van der Waals surface area contributed by atoms with Gasteiger partial charge in [-0.1, -0.05) is 0 Å². The minimum absolute atomic E-state index is 0.0594. The van der Waals surface area contributed by atoms with E-state index in [-0.39, 0.29) is 24.7 Å². The van der Waals surface area contributed by atoms with Crippen LogP contribution in [0, 0.1) is 0 Å². The molecule has 2 aliphatic rings. The number of fused-ring (bicyclic) bond motifs is 1. The summed E-state index contributed by atoms with van der Waals surface area (Å²) >= 11 is 0. The molecule has 3 rings (SSSR count). The van der Waals surface area contributed by atoms with Crippen LogP contribution >= 0.6 is 0 Å². The largest absolute Gasteiger partial charge is 0.459 e. The number of hydrogen-bond acceptors (Lipinski definition) is 6. The lowest BCUT2D eigenvalue weighted by Crippen LogP contribution is -2.47. The molecule has 0 bridgehead atoms. The third-order valence-electron chi connectivity index (χ3n) is 4.54. The molecule has 0 aliphatic carbocycles. The number of nitrogens with zero attached hydrogens (tertiary/aromatic N) is 3. The van der Waals surface area contributed by atoms with Crippen LogP contribution in [-0.2, 0) is 27.4 Å². The molecule has 0 radical (unpaired) electrons. The van der Waals surface area contributed by atoms with Crippen molar-refractivity contribution >= 4 is 12.1 Å². The highest BCUT2D eigenvalue weighted by molar-refractivity contribution is 5.80. The summed E-state index contributed by atoms with van der Waals surface area (Å²) in [4.78, 5) is 26.3. The highest BCUT2D eigenvalue weighted by atomic mass is 16.6. The van der Waals surface area contributed by atoms with Crippen molar-refractivity contribution in [3.63, 3.8) is 0 Å². The molecule has 8 nitrogen and oxygen atoms in total. The zero-order valence-corrected chi connectivity index (χ0v) is 15.1. The summed E-state index contributed by atoms with van der Waals surface area (Å²) in [6.45, 7) is 8.13. The summed E-state index contributed by atoms with van der Waals surface area (Å²) < 4.78 is 12.5. The number of aromatic nitrogens is 2. The van der Waals surface area contributed by atoms with E-state index in [9.17, 15) is 14.7 Å². The maximum Gasteiger partial charge on any atom is 0.410 e. The maximum absolute atomic E-state index is 12.5. The van der Waals surface area contributed by atoms with Gasteiger partial charge in [0, 0.05) is 12.0 Å². The highest BCUT2D eigenvalue weighted by Crippen LogP contribution is 2.34. The second kappa shape index (κ2) is 6.33. The van der Waals surface area contributed by atoms with Gasteiger partial charge in [0.1, 0.15) is 11.7 Å². The van der Waals surface area contributed by atoms with Gasteiger partial charge in [-0.25, -0.2) is 4.79 Å². The van der Waals surface area contributed by atoms with E-state index in [1.165, 1.54) is 0 Å². The third kappa shape index (κ3) is 3.49. The van der Waals surface area contributed by atoms with Gasteiger partial charge < -0.3 is 14.6 Å². The van der Waals surface area contributed by atoms with Crippen molar-refractivity contribution in [2.24, 2.45) is 0 Å². The van der Waals surface area contributed by atoms with Crippen molar-refractivity contribution in [2.75, 3.05) is 6.61 Å². The minimum atomic E-state index is -0.569. The fourth-order valence-electron chi connectivity index (χ4n) is 3.30. The Morgan fingerprint density at radius 2 is 2.20 bits per heavy atom. The predicted octanol–water partition coefficient (Wildman–Crippen LogP) is 1.41. The molecule has 0 aromatic carbocycles. The number of esters is 1. The van der Waals surface area contributed by atoms with E-state index in [0.717, 1.165) is 11.3 Å². The second-order valence-electron chi connectivity index (χ2n) is 7.72. The summed E-state index contributed by atoms with van der Waals surface area (Å²) in [7, 11) is 0. The molecule has 3 heterocycles. The molecule has 1 fully saturated rings. The quantitative estimate of drug-likeness (QED) is 0.810. The van der Waals surface area contributed by atoms with Crippen LogP contribution in [0.25, 0.3) is 0 Å². The van der Waals surface area contributed by atoms with Crippen molar-refractivity contribution in [3.05, 3.63) is 17.5 Å². The molecule has 2 unspecified atom stereocenters. The number of aliphatic hydroxyl groups excluding tert-OH is 1. The van der Waals surface area contributed by atoms with E-state index in [1.807, 2.05) is 32.4 Å². The SMILES string of the molecule is C[C@H]1Cn2ncc(C3CC(CO)OC3=O)c2CN1C(=O)OC(C)(C)C. The molecular weight excluding hydrogens is 326 g/mol. The third-order valence-corrected chi connectivity index (χ3v) is 4.54. The van der Waals surface area contributed by atoms with Crippen LogP contribution in [0.5, 0.6) is 0 Å². The van der Waals surface area contributed by atoms with Crippen LogP contribution in [0.15, 0.2) is 6.20 Å². The van der Waals surface area contributed by atoms with Gasteiger partial charge in [-0.15, -0.1) is 0 Å². The number of ether oxygens (including phenoxy) is 2. The topological polar surface area (TPSA) is 93.9 Å². The maximum atomic E-state index is 12.5. The molecule has 1 N–H and O–H groups in total. The molecule has 2 aliphatic heterocycles. The van der Waals surface area contributed by atoms with E-state index in [1.54, 1.807) is 11.1 Å². The lowest BCUT2D eigenvalue weighted by molar-refractivity contribution is -0.143. The van der Waals surface area contributed by atoms with Crippen molar-refractivity contribution in [2.45, 2.75) is 70.9 Å². The fraction of sp³-hybridized carbons (Fsp3) is 0.706. The van der Waals surface area contributed by atoms with Crippen molar-refractivity contribution in [3.8, 4) is 0 Å². The van der Waals surface area contributed by atoms with Crippen molar-refractivity contribution in [1.29, 1.82) is 0 Å².